The molecule has 0 amide bonds. The highest BCUT2D eigenvalue weighted by Gasteiger charge is 2.22. The molecule has 0 N–H and O–H groups in total. The smallest absolute Gasteiger partial charge is 0.264 e. The molecule has 1 aromatic heterocycles. The van der Waals surface area contributed by atoms with Crippen molar-refractivity contribution in [1.29, 1.82) is 5.26 Å². The van der Waals surface area contributed by atoms with Gasteiger partial charge in [-0.3, -0.25) is 9.17 Å². The summed E-state index contributed by atoms with van der Waals surface area (Å²) in [6.07, 6.45) is 2.76. The molecule has 0 aliphatic heterocycles. The van der Waals surface area contributed by atoms with Crippen molar-refractivity contribution in [3.8, 4) is 17.2 Å². The molecule has 5 nitrogen and oxygen atoms in total. The summed E-state index contributed by atoms with van der Waals surface area (Å²) in [6, 6.07) is 17.6. The first-order chi connectivity index (χ1) is 12.7. The van der Waals surface area contributed by atoms with Crippen LogP contribution in [0.15, 0.2) is 54.7 Å². The van der Waals surface area contributed by atoms with Gasteiger partial charge in [0.05, 0.1) is 29.9 Å². The summed E-state index contributed by atoms with van der Waals surface area (Å²) in [7, 11) is -3.51. The minimum Gasteiger partial charge on any atom is -0.265 e. The van der Waals surface area contributed by atoms with Gasteiger partial charge >= 0.3 is 0 Å². The normalized spacial score (nSPS) is 12.1. The number of hydrogen-bond acceptors (Lipinski definition) is 5. The molecule has 0 saturated carbocycles. The van der Waals surface area contributed by atoms with Crippen molar-refractivity contribution in [1.82, 2.24) is 4.98 Å². The lowest BCUT2D eigenvalue weighted by atomic mass is 9.83. The second-order valence-corrected chi connectivity index (χ2v) is 8.65. The van der Waals surface area contributed by atoms with E-state index in [2.05, 4.69) is 11.1 Å². The van der Waals surface area contributed by atoms with Crippen LogP contribution in [-0.4, -0.2) is 19.7 Å². The van der Waals surface area contributed by atoms with Crippen molar-refractivity contribution in [2.24, 2.45) is 0 Å². The third-order valence-electron chi connectivity index (χ3n) is 4.38. The summed E-state index contributed by atoms with van der Waals surface area (Å²) in [5, 5.41) is 10.5. The zero-order chi connectivity index (χ0) is 19.7. The van der Waals surface area contributed by atoms with E-state index in [1.54, 1.807) is 6.20 Å². The fourth-order valence-electron chi connectivity index (χ4n) is 2.84. The van der Waals surface area contributed by atoms with E-state index in [9.17, 15) is 13.7 Å². The monoisotopic (exact) mass is 380 g/mol. The molecule has 3 rings (SSSR count). The summed E-state index contributed by atoms with van der Waals surface area (Å²) in [6.45, 7) is 3.73. The Morgan fingerprint density at radius 1 is 1.15 bits per heavy atom. The summed E-state index contributed by atoms with van der Waals surface area (Å²) in [4.78, 5) is 4.51. The molecule has 1 heterocycles. The van der Waals surface area contributed by atoms with Crippen molar-refractivity contribution < 1.29 is 12.6 Å². The van der Waals surface area contributed by atoms with Gasteiger partial charge in [-0.15, -0.1) is 0 Å². The molecule has 2 aromatic carbocycles. The summed E-state index contributed by atoms with van der Waals surface area (Å²) >= 11 is 0. The molecule has 0 radical (unpaired) electrons. The SMILES string of the molecule is CC(C)(C#N)c1cc(-c2cccc(COS(C)(=O)=O)c2)c2ncccc2c1. The number of fused-ring (bicyclic) bond motifs is 1. The molecule has 0 saturated heterocycles. The Hall–Kier alpha value is -2.75. The van der Waals surface area contributed by atoms with Crippen molar-refractivity contribution in [3.05, 3.63) is 65.9 Å². The van der Waals surface area contributed by atoms with E-state index in [4.69, 9.17) is 4.18 Å². The molecule has 0 bridgehead atoms. The Bertz CT molecular complexity index is 1150. The van der Waals surface area contributed by atoms with E-state index < -0.39 is 15.5 Å². The molecule has 0 aliphatic rings. The molecule has 27 heavy (non-hydrogen) atoms. The predicted molar refractivity (Wildman–Crippen MR) is 105 cm³/mol. The van der Waals surface area contributed by atoms with Crippen LogP contribution in [0, 0.1) is 11.3 Å². The van der Waals surface area contributed by atoms with Crippen LogP contribution in [0.4, 0.5) is 0 Å². The fraction of sp³-hybridized carbons (Fsp3) is 0.238. The fourth-order valence-corrected chi connectivity index (χ4v) is 3.19. The van der Waals surface area contributed by atoms with Crippen molar-refractivity contribution >= 4 is 21.0 Å². The zero-order valence-corrected chi connectivity index (χ0v) is 16.2. The number of nitriles is 1. The lowest BCUT2D eigenvalue weighted by Gasteiger charge is -2.19. The summed E-state index contributed by atoms with van der Waals surface area (Å²) in [5.74, 6) is 0. The van der Waals surface area contributed by atoms with E-state index in [-0.39, 0.29) is 6.61 Å². The van der Waals surface area contributed by atoms with Gasteiger partial charge in [-0.2, -0.15) is 13.7 Å². The molecule has 3 aromatic rings. The largest absolute Gasteiger partial charge is 0.265 e. The number of aromatic nitrogens is 1. The van der Waals surface area contributed by atoms with Gasteiger partial charge in [-0.1, -0.05) is 24.3 Å². The van der Waals surface area contributed by atoms with Gasteiger partial charge in [-0.05, 0) is 54.8 Å². The minimum atomic E-state index is -3.51. The van der Waals surface area contributed by atoms with E-state index in [0.29, 0.717) is 0 Å². The van der Waals surface area contributed by atoms with Gasteiger partial charge in [0.25, 0.3) is 10.1 Å². The van der Waals surface area contributed by atoms with Crippen LogP contribution in [0.5, 0.6) is 0 Å². The van der Waals surface area contributed by atoms with Crippen molar-refractivity contribution in [2.45, 2.75) is 25.9 Å². The van der Waals surface area contributed by atoms with Gasteiger partial charge in [-0.25, -0.2) is 0 Å². The average molecular weight is 380 g/mol. The topological polar surface area (TPSA) is 80.0 Å². The highest BCUT2D eigenvalue weighted by molar-refractivity contribution is 7.85. The molecule has 0 aliphatic carbocycles. The Morgan fingerprint density at radius 2 is 1.93 bits per heavy atom. The van der Waals surface area contributed by atoms with E-state index in [1.807, 2.05) is 62.4 Å². The Labute approximate surface area is 159 Å². The predicted octanol–water partition coefficient (Wildman–Crippen LogP) is 4.18. The van der Waals surface area contributed by atoms with Crippen LogP contribution in [0.25, 0.3) is 22.0 Å². The molecule has 0 unspecified atom stereocenters. The standard InChI is InChI=1S/C21H20N2O3S/c1-21(2,14-22)18-11-17-8-5-9-23-20(17)19(12-18)16-7-4-6-15(10-16)13-26-27(3,24)25/h4-12H,13H2,1-3H3. The molecular formula is C21H20N2O3S. The van der Waals surface area contributed by atoms with Crippen LogP contribution >= 0.6 is 0 Å². The molecule has 0 fully saturated rings. The number of pyridine rings is 1. The third kappa shape index (κ3) is 4.33. The molecule has 6 heteroatoms. The van der Waals surface area contributed by atoms with Crippen molar-refractivity contribution in [2.75, 3.05) is 6.26 Å². The number of nitrogens with zero attached hydrogens (tertiary/aromatic N) is 2. The summed E-state index contributed by atoms with van der Waals surface area (Å²) in [5.41, 5.74) is 3.62. The highest BCUT2D eigenvalue weighted by atomic mass is 32.2. The van der Waals surface area contributed by atoms with Crippen molar-refractivity contribution in [3.63, 3.8) is 0 Å². The molecular weight excluding hydrogens is 360 g/mol. The molecule has 0 atom stereocenters. The van der Waals surface area contributed by atoms with Crippen LogP contribution < -0.4 is 0 Å². The minimum absolute atomic E-state index is 0.0264. The van der Waals surface area contributed by atoms with Crippen LogP contribution in [0.1, 0.15) is 25.0 Å². The van der Waals surface area contributed by atoms with Crippen LogP contribution in [0.2, 0.25) is 0 Å². The van der Waals surface area contributed by atoms with Gasteiger partial charge in [0, 0.05) is 17.1 Å². The maximum absolute atomic E-state index is 11.3. The second kappa shape index (κ2) is 7.10. The first-order valence-electron chi connectivity index (χ1n) is 8.44. The lowest BCUT2D eigenvalue weighted by Crippen LogP contribution is -2.14. The maximum Gasteiger partial charge on any atom is 0.264 e. The van der Waals surface area contributed by atoms with E-state index in [1.165, 1.54) is 0 Å². The van der Waals surface area contributed by atoms with Gasteiger partial charge in [0.2, 0.25) is 0 Å². The Morgan fingerprint density at radius 3 is 2.63 bits per heavy atom. The van der Waals surface area contributed by atoms with Crippen LogP contribution in [0.3, 0.4) is 0 Å². The zero-order valence-electron chi connectivity index (χ0n) is 15.4. The first-order valence-corrected chi connectivity index (χ1v) is 10.3. The van der Waals surface area contributed by atoms with Gasteiger partial charge < -0.3 is 0 Å². The lowest BCUT2D eigenvalue weighted by molar-refractivity contribution is 0.312. The average Bonchev–Trinajstić information content (AvgIpc) is 2.65. The summed E-state index contributed by atoms with van der Waals surface area (Å²) < 4.78 is 27.4. The second-order valence-electron chi connectivity index (χ2n) is 7.00. The van der Waals surface area contributed by atoms with Gasteiger partial charge in [0.15, 0.2) is 0 Å². The van der Waals surface area contributed by atoms with Crippen LogP contribution in [-0.2, 0) is 26.3 Å². The Kier molecular flexibility index (Phi) is 5.01. The first kappa shape index (κ1) is 19.0. The quantitative estimate of drug-likeness (QED) is 0.620. The third-order valence-corrected chi connectivity index (χ3v) is 4.93. The van der Waals surface area contributed by atoms with Gasteiger partial charge in [0.1, 0.15) is 0 Å². The molecule has 0 spiro atoms. The Balaban J connectivity index is 2.15. The number of rotatable bonds is 5. The molecule has 138 valence electrons. The highest BCUT2D eigenvalue weighted by Crippen LogP contribution is 2.34. The number of hydrogen-bond donors (Lipinski definition) is 0. The maximum atomic E-state index is 11.3. The number of benzene rings is 2. The van der Waals surface area contributed by atoms with E-state index >= 15 is 0 Å². The van der Waals surface area contributed by atoms with E-state index in [0.717, 1.165) is 39.4 Å².